The minimum Gasteiger partial charge on any atom is -0.355 e. The molecule has 2 nitrogen and oxygen atoms in total. The molecule has 84 valence electrons. The Bertz CT molecular complexity index is 175. The number of amides is 1. The van der Waals surface area contributed by atoms with Crippen LogP contribution in [0.2, 0.25) is 0 Å². The van der Waals surface area contributed by atoms with Crippen LogP contribution in [0.15, 0.2) is 0 Å². The lowest BCUT2D eigenvalue weighted by atomic mass is 9.95. The van der Waals surface area contributed by atoms with Gasteiger partial charge in [0.15, 0.2) is 0 Å². The van der Waals surface area contributed by atoms with Gasteiger partial charge in [0.05, 0.1) is 0 Å². The summed E-state index contributed by atoms with van der Waals surface area (Å²) in [6, 6.07) is 0. The van der Waals surface area contributed by atoms with E-state index in [0.717, 1.165) is 19.4 Å². The molecule has 0 aliphatic heterocycles. The van der Waals surface area contributed by atoms with Crippen LogP contribution in [-0.2, 0) is 4.79 Å². The van der Waals surface area contributed by atoms with Crippen molar-refractivity contribution in [2.45, 2.75) is 40.5 Å². The molecule has 0 rings (SSSR count). The van der Waals surface area contributed by atoms with Gasteiger partial charge in [0.25, 0.3) is 0 Å². The Labute approximate surface area is 92.4 Å². The van der Waals surface area contributed by atoms with Crippen LogP contribution >= 0.6 is 11.6 Å². The predicted octanol–water partition coefficient (Wildman–Crippen LogP) is 2.80. The topological polar surface area (TPSA) is 29.1 Å². The van der Waals surface area contributed by atoms with Gasteiger partial charge in [-0.1, -0.05) is 34.1 Å². The summed E-state index contributed by atoms with van der Waals surface area (Å²) in [6.45, 7) is 8.64. The van der Waals surface area contributed by atoms with Gasteiger partial charge in [0.1, 0.15) is 0 Å². The first kappa shape index (κ1) is 13.8. The lowest BCUT2D eigenvalue weighted by Crippen LogP contribution is -2.37. The third kappa shape index (κ3) is 5.48. The SMILES string of the molecule is CCC(CCCl)CNC(=O)C(C)(C)C. The summed E-state index contributed by atoms with van der Waals surface area (Å²) < 4.78 is 0. The summed E-state index contributed by atoms with van der Waals surface area (Å²) in [6.07, 6.45) is 2.04. The van der Waals surface area contributed by atoms with E-state index < -0.39 is 0 Å². The van der Waals surface area contributed by atoms with Crippen molar-refractivity contribution in [3.8, 4) is 0 Å². The van der Waals surface area contributed by atoms with Gasteiger partial charge in [-0.2, -0.15) is 0 Å². The summed E-state index contributed by atoms with van der Waals surface area (Å²) in [5.41, 5.74) is -0.292. The zero-order valence-electron chi connectivity index (χ0n) is 9.69. The highest BCUT2D eigenvalue weighted by molar-refractivity contribution is 6.17. The van der Waals surface area contributed by atoms with Crippen molar-refractivity contribution in [3.05, 3.63) is 0 Å². The summed E-state index contributed by atoms with van der Waals surface area (Å²) >= 11 is 5.67. The average molecular weight is 220 g/mol. The Kier molecular flexibility index (Phi) is 6.17. The van der Waals surface area contributed by atoms with Crippen molar-refractivity contribution < 1.29 is 4.79 Å². The molecule has 1 atom stereocenters. The number of alkyl halides is 1. The fraction of sp³-hybridized carbons (Fsp3) is 0.909. The highest BCUT2D eigenvalue weighted by Gasteiger charge is 2.21. The monoisotopic (exact) mass is 219 g/mol. The first-order chi connectivity index (χ1) is 6.41. The van der Waals surface area contributed by atoms with Crippen LogP contribution in [-0.4, -0.2) is 18.3 Å². The van der Waals surface area contributed by atoms with Crippen molar-refractivity contribution in [2.75, 3.05) is 12.4 Å². The van der Waals surface area contributed by atoms with Crippen LogP contribution < -0.4 is 5.32 Å². The molecule has 0 saturated heterocycles. The normalized spacial score (nSPS) is 13.8. The second-order valence-electron chi connectivity index (χ2n) is 4.71. The number of hydrogen-bond donors (Lipinski definition) is 1. The third-order valence-corrected chi connectivity index (χ3v) is 2.55. The van der Waals surface area contributed by atoms with E-state index in [9.17, 15) is 4.79 Å². The molecule has 1 unspecified atom stereocenters. The molecule has 1 amide bonds. The molecule has 0 aliphatic rings. The molecule has 0 aromatic rings. The van der Waals surface area contributed by atoms with Crippen LogP contribution in [0.5, 0.6) is 0 Å². The molecule has 0 aliphatic carbocycles. The number of carbonyl (C=O) groups excluding carboxylic acids is 1. The quantitative estimate of drug-likeness (QED) is 0.708. The van der Waals surface area contributed by atoms with Crippen molar-refractivity contribution in [2.24, 2.45) is 11.3 Å². The Morgan fingerprint density at radius 2 is 2.00 bits per heavy atom. The van der Waals surface area contributed by atoms with Gasteiger partial charge in [-0.05, 0) is 12.3 Å². The second kappa shape index (κ2) is 6.28. The van der Waals surface area contributed by atoms with Crippen LogP contribution in [0.4, 0.5) is 0 Å². The maximum atomic E-state index is 11.5. The highest BCUT2D eigenvalue weighted by Crippen LogP contribution is 2.14. The van der Waals surface area contributed by atoms with Gasteiger partial charge in [-0.3, -0.25) is 4.79 Å². The lowest BCUT2D eigenvalue weighted by molar-refractivity contribution is -0.128. The average Bonchev–Trinajstić information content (AvgIpc) is 2.10. The maximum Gasteiger partial charge on any atom is 0.225 e. The molecular formula is C11H22ClNO. The van der Waals surface area contributed by atoms with E-state index in [1.165, 1.54) is 0 Å². The van der Waals surface area contributed by atoms with E-state index in [1.807, 2.05) is 20.8 Å². The number of carbonyl (C=O) groups is 1. The van der Waals surface area contributed by atoms with E-state index >= 15 is 0 Å². The molecule has 1 N–H and O–H groups in total. The zero-order chi connectivity index (χ0) is 11.2. The summed E-state index contributed by atoms with van der Waals surface area (Å²) in [7, 11) is 0. The van der Waals surface area contributed by atoms with E-state index in [-0.39, 0.29) is 11.3 Å². The van der Waals surface area contributed by atoms with Crippen molar-refractivity contribution in [1.29, 1.82) is 0 Å². The number of halogens is 1. The van der Waals surface area contributed by atoms with Gasteiger partial charge < -0.3 is 5.32 Å². The van der Waals surface area contributed by atoms with E-state index in [1.54, 1.807) is 0 Å². The van der Waals surface area contributed by atoms with Crippen LogP contribution in [0.1, 0.15) is 40.5 Å². The van der Waals surface area contributed by atoms with Crippen LogP contribution in [0, 0.1) is 11.3 Å². The van der Waals surface area contributed by atoms with E-state index in [4.69, 9.17) is 11.6 Å². The summed E-state index contributed by atoms with van der Waals surface area (Å²) in [5, 5.41) is 2.96. The van der Waals surface area contributed by atoms with E-state index in [2.05, 4.69) is 12.2 Å². The summed E-state index contributed by atoms with van der Waals surface area (Å²) in [5.74, 6) is 1.30. The molecule has 0 radical (unpaired) electrons. The Morgan fingerprint density at radius 3 is 2.36 bits per heavy atom. The van der Waals surface area contributed by atoms with Gasteiger partial charge >= 0.3 is 0 Å². The number of nitrogens with one attached hydrogen (secondary N) is 1. The van der Waals surface area contributed by atoms with Crippen molar-refractivity contribution in [3.63, 3.8) is 0 Å². The second-order valence-corrected chi connectivity index (χ2v) is 5.09. The molecule has 0 aromatic heterocycles. The Balaban J connectivity index is 3.85. The number of hydrogen-bond acceptors (Lipinski definition) is 1. The smallest absolute Gasteiger partial charge is 0.225 e. The van der Waals surface area contributed by atoms with Gasteiger partial charge in [0, 0.05) is 17.8 Å². The molecule has 0 spiro atoms. The molecule has 0 bridgehead atoms. The zero-order valence-corrected chi connectivity index (χ0v) is 10.4. The van der Waals surface area contributed by atoms with Gasteiger partial charge in [-0.15, -0.1) is 11.6 Å². The first-order valence-electron chi connectivity index (χ1n) is 5.26. The minimum atomic E-state index is -0.292. The van der Waals surface area contributed by atoms with Crippen LogP contribution in [0.25, 0.3) is 0 Å². The molecule has 14 heavy (non-hydrogen) atoms. The fourth-order valence-electron chi connectivity index (χ4n) is 1.11. The lowest BCUT2D eigenvalue weighted by Gasteiger charge is -2.20. The minimum absolute atomic E-state index is 0.116. The van der Waals surface area contributed by atoms with Gasteiger partial charge in [0.2, 0.25) is 5.91 Å². The predicted molar refractivity (Wildman–Crippen MR) is 61.6 cm³/mol. The molecule has 3 heteroatoms. The molecule has 0 aromatic carbocycles. The molecule has 0 saturated carbocycles. The Morgan fingerprint density at radius 1 is 1.43 bits per heavy atom. The molecular weight excluding hydrogens is 198 g/mol. The fourth-order valence-corrected chi connectivity index (χ4v) is 1.42. The maximum absolute atomic E-state index is 11.5. The highest BCUT2D eigenvalue weighted by atomic mass is 35.5. The van der Waals surface area contributed by atoms with Gasteiger partial charge in [-0.25, -0.2) is 0 Å². The standard InChI is InChI=1S/C11H22ClNO/c1-5-9(6-7-12)8-13-10(14)11(2,3)4/h9H,5-8H2,1-4H3,(H,13,14). The van der Waals surface area contributed by atoms with Crippen molar-refractivity contribution >= 4 is 17.5 Å². The molecule has 0 fully saturated rings. The number of rotatable bonds is 5. The van der Waals surface area contributed by atoms with Crippen LogP contribution in [0.3, 0.4) is 0 Å². The first-order valence-corrected chi connectivity index (χ1v) is 5.79. The molecule has 0 heterocycles. The third-order valence-electron chi connectivity index (χ3n) is 2.33. The Hall–Kier alpha value is -0.240. The largest absolute Gasteiger partial charge is 0.355 e. The van der Waals surface area contributed by atoms with E-state index in [0.29, 0.717) is 11.8 Å². The summed E-state index contributed by atoms with van der Waals surface area (Å²) in [4.78, 5) is 11.5. The van der Waals surface area contributed by atoms with Crippen molar-refractivity contribution in [1.82, 2.24) is 5.32 Å².